The number of anilines is 1. The van der Waals surface area contributed by atoms with E-state index in [1.807, 2.05) is 42.2 Å². The lowest BCUT2D eigenvalue weighted by Gasteiger charge is -2.28. The van der Waals surface area contributed by atoms with Crippen LogP contribution in [0.4, 0.5) is 5.69 Å². The molecule has 1 aliphatic heterocycles. The predicted molar refractivity (Wildman–Crippen MR) is 196 cm³/mol. The number of nitrogens with zero attached hydrogens (tertiary/aromatic N) is 2. The fourth-order valence-electron chi connectivity index (χ4n) is 6.27. The Kier molecular flexibility index (Phi) is 10.4. The van der Waals surface area contributed by atoms with E-state index < -0.39 is 10.1 Å². The molecule has 47 heavy (non-hydrogen) atoms. The molecule has 0 amide bonds. The second kappa shape index (κ2) is 14.3. The molecule has 2 heterocycles. The molecule has 1 atom stereocenters. The van der Waals surface area contributed by atoms with Crippen molar-refractivity contribution in [2.24, 2.45) is 5.92 Å². The van der Waals surface area contributed by atoms with E-state index in [4.69, 9.17) is 23.2 Å². The number of allylic oxidation sites excluding steroid dienone is 6. The number of benzene rings is 3. The van der Waals surface area contributed by atoms with E-state index in [0.29, 0.717) is 5.92 Å². The molecule has 3 aromatic carbocycles. The third-order valence-electron chi connectivity index (χ3n) is 8.68. The second-order valence-corrected chi connectivity index (χ2v) is 16.2. The zero-order chi connectivity index (χ0) is 33.3. The molecule has 0 spiro atoms. The molecule has 3 aliphatic rings. The van der Waals surface area contributed by atoms with Crippen LogP contribution in [0.3, 0.4) is 0 Å². The summed E-state index contributed by atoms with van der Waals surface area (Å²) in [7, 11) is -4.27. The Morgan fingerprint density at radius 1 is 0.957 bits per heavy atom. The van der Waals surface area contributed by atoms with Gasteiger partial charge in [0.05, 0.1) is 15.6 Å². The van der Waals surface area contributed by atoms with Gasteiger partial charge in [-0.15, -0.1) is 0 Å². The first kappa shape index (κ1) is 34.0. The molecule has 0 radical (unpaired) electrons. The van der Waals surface area contributed by atoms with E-state index in [2.05, 4.69) is 71.9 Å². The van der Waals surface area contributed by atoms with Crippen LogP contribution in [0, 0.1) is 12.8 Å². The number of thiazole rings is 1. The van der Waals surface area contributed by atoms with Crippen LogP contribution in [0.25, 0.3) is 16.3 Å². The van der Waals surface area contributed by atoms with Crippen molar-refractivity contribution in [3.63, 3.8) is 0 Å². The molecule has 2 aliphatic carbocycles. The van der Waals surface area contributed by atoms with Gasteiger partial charge in [0.15, 0.2) is 0 Å². The summed E-state index contributed by atoms with van der Waals surface area (Å²) in [5.41, 5.74) is 7.73. The summed E-state index contributed by atoms with van der Waals surface area (Å²) < 4.78 is 34.8. The molecule has 1 unspecified atom stereocenters. The maximum atomic E-state index is 10.4. The van der Waals surface area contributed by atoms with Crippen molar-refractivity contribution in [1.29, 1.82) is 0 Å². The fraction of sp³-hybridized carbons (Fsp3) is 0.270. The molecule has 1 aromatic heterocycles. The number of hydrogen-bond acceptors (Lipinski definition) is 6. The number of hydrogen-bond donors (Lipinski definition) is 0. The monoisotopic (exact) mass is 722 g/mol. The number of aryl methyl sites for hydroxylation is 2. The summed E-state index contributed by atoms with van der Waals surface area (Å²) >= 11 is 16.3. The standard InChI is InChI=1S/C30H29Cl2N2S2.C7H8O3S/c1-3-33-25-17-23(31)9-11-27(25)35-29(33)15-19-5-7-21-8-6-20(14-22(21)13-19)16-30-34(4-2)26-18-24(32)10-12-28(26)36-30;1-6-2-4-7(5-3-6)11(8,9)10/h9-18,21H,3-8H2,1-2H3;2-5H,1H3,(H,8,9,10)/q+1;/p-1. The predicted octanol–water partition coefficient (Wildman–Crippen LogP) is 10.3. The minimum atomic E-state index is -4.27. The first-order valence-electron chi connectivity index (χ1n) is 15.8. The lowest BCUT2D eigenvalue weighted by Crippen LogP contribution is -2.33. The largest absolute Gasteiger partial charge is 0.744 e. The number of thioether (sulfide) groups is 1. The first-order valence-corrected chi connectivity index (χ1v) is 19.6. The van der Waals surface area contributed by atoms with Gasteiger partial charge in [0.2, 0.25) is 5.52 Å². The smallest absolute Gasteiger partial charge is 0.263 e. The molecular formula is C37H36Cl2N2O3S3. The zero-order valence-electron chi connectivity index (χ0n) is 26.5. The molecular weight excluding hydrogens is 688 g/mol. The van der Waals surface area contributed by atoms with Crippen molar-refractivity contribution in [3.8, 4) is 0 Å². The Balaban J connectivity index is 0.000000300. The second-order valence-electron chi connectivity index (χ2n) is 11.9. The van der Waals surface area contributed by atoms with E-state index in [0.717, 1.165) is 41.5 Å². The maximum Gasteiger partial charge on any atom is 0.263 e. The fourth-order valence-corrected chi connectivity index (χ4v) is 9.44. The summed E-state index contributed by atoms with van der Waals surface area (Å²) in [5, 5.41) is 4.21. The molecule has 0 bridgehead atoms. The molecule has 0 fully saturated rings. The molecule has 0 saturated heterocycles. The van der Waals surface area contributed by atoms with E-state index >= 15 is 0 Å². The SMILES string of the molecule is CCN1/C(=C/C2=CC3=C/C(=C/c4sc5ccc(Cl)cc5[n+]4CC)CCC3CC2)Sc2ccc(Cl)cc21.Cc1ccc(S(=O)(=O)[O-])cc1. The van der Waals surface area contributed by atoms with Gasteiger partial charge >= 0.3 is 0 Å². The van der Waals surface area contributed by atoms with Crippen LogP contribution in [0.1, 0.15) is 50.1 Å². The van der Waals surface area contributed by atoms with Crippen LogP contribution >= 0.6 is 46.3 Å². The number of fused-ring (bicyclic) bond motifs is 3. The van der Waals surface area contributed by atoms with Crippen LogP contribution in [0.5, 0.6) is 0 Å². The van der Waals surface area contributed by atoms with Gasteiger partial charge in [-0.25, -0.2) is 8.42 Å². The quantitative estimate of drug-likeness (QED) is 0.152. The Bertz CT molecular complexity index is 2060. The van der Waals surface area contributed by atoms with Gasteiger partial charge in [-0.2, -0.15) is 4.57 Å². The Morgan fingerprint density at radius 2 is 1.68 bits per heavy atom. The van der Waals surface area contributed by atoms with Crippen LogP contribution < -0.4 is 9.47 Å². The molecule has 7 rings (SSSR count). The van der Waals surface area contributed by atoms with Crippen molar-refractivity contribution in [1.82, 2.24) is 0 Å². The zero-order valence-corrected chi connectivity index (χ0v) is 30.5. The van der Waals surface area contributed by atoms with E-state index in [9.17, 15) is 13.0 Å². The van der Waals surface area contributed by atoms with Crippen LogP contribution in [-0.2, 0) is 16.7 Å². The highest BCUT2D eigenvalue weighted by molar-refractivity contribution is 8.03. The van der Waals surface area contributed by atoms with Gasteiger partial charge < -0.3 is 9.45 Å². The average Bonchev–Trinajstić information content (AvgIpc) is 3.56. The third-order valence-corrected chi connectivity index (χ3v) is 12.2. The van der Waals surface area contributed by atoms with Crippen molar-refractivity contribution in [2.75, 3.05) is 11.4 Å². The Labute approximate surface area is 295 Å². The van der Waals surface area contributed by atoms with Crippen molar-refractivity contribution in [3.05, 3.63) is 121 Å². The van der Waals surface area contributed by atoms with Gasteiger partial charge in [0.25, 0.3) is 5.01 Å². The lowest BCUT2D eigenvalue weighted by atomic mass is 9.77. The normalized spacial score (nSPS) is 19.3. The number of aromatic nitrogens is 1. The van der Waals surface area contributed by atoms with Gasteiger partial charge in [-0.3, -0.25) is 0 Å². The van der Waals surface area contributed by atoms with Crippen molar-refractivity contribution >= 4 is 78.4 Å². The number of halogens is 2. The number of rotatable bonds is 5. The topological polar surface area (TPSA) is 64.3 Å². The minimum Gasteiger partial charge on any atom is -0.744 e. The molecule has 10 heteroatoms. The summed E-state index contributed by atoms with van der Waals surface area (Å²) in [6.45, 7) is 8.12. The third kappa shape index (κ3) is 7.74. The molecule has 5 nitrogen and oxygen atoms in total. The molecule has 0 N–H and O–H groups in total. The summed E-state index contributed by atoms with van der Waals surface area (Å²) in [5.74, 6) is 0.679. The lowest BCUT2D eigenvalue weighted by molar-refractivity contribution is -0.665. The average molecular weight is 724 g/mol. The summed E-state index contributed by atoms with van der Waals surface area (Å²) in [6, 6.07) is 18.2. The van der Waals surface area contributed by atoms with Crippen LogP contribution in [-0.4, -0.2) is 19.5 Å². The van der Waals surface area contributed by atoms with Crippen LogP contribution in [0.15, 0.2) is 110 Å². The van der Waals surface area contributed by atoms with Crippen LogP contribution in [0.2, 0.25) is 10.0 Å². The maximum absolute atomic E-state index is 10.4. The Hall–Kier alpha value is -2.85. The van der Waals surface area contributed by atoms with E-state index in [1.54, 1.807) is 12.1 Å². The highest BCUT2D eigenvalue weighted by Gasteiger charge is 2.27. The van der Waals surface area contributed by atoms with Gasteiger partial charge in [-0.1, -0.05) is 76.1 Å². The summed E-state index contributed by atoms with van der Waals surface area (Å²) in [4.78, 5) is 3.50. The van der Waals surface area contributed by atoms with Gasteiger partial charge in [-0.05, 0) is 118 Å². The van der Waals surface area contributed by atoms with E-state index in [1.165, 1.54) is 72.5 Å². The van der Waals surface area contributed by atoms with Crippen molar-refractivity contribution in [2.45, 2.75) is 62.8 Å². The highest BCUT2D eigenvalue weighted by atomic mass is 35.5. The summed E-state index contributed by atoms with van der Waals surface area (Å²) in [6.07, 6.45) is 14.5. The highest BCUT2D eigenvalue weighted by Crippen LogP contribution is 2.48. The molecule has 4 aromatic rings. The first-order chi connectivity index (χ1) is 22.5. The molecule has 244 valence electrons. The van der Waals surface area contributed by atoms with Gasteiger partial charge in [0.1, 0.15) is 21.4 Å². The van der Waals surface area contributed by atoms with E-state index in [-0.39, 0.29) is 4.90 Å². The Morgan fingerprint density at radius 3 is 2.40 bits per heavy atom. The minimum absolute atomic E-state index is 0.178. The molecule has 0 saturated carbocycles. The van der Waals surface area contributed by atoms with Gasteiger partial charge in [0, 0.05) is 33.6 Å². The van der Waals surface area contributed by atoms with Crippen molar-refractivity contribution < 1.29 is 17.5 Å².